The van der Waals surface area contributed by atoms with E-state index in [0.29, 0.717) is 0 Å². The van der Waals surface area contributed by atoms with Gasteiger partial charge in [-0.1, -0.05) is 42.1 Å². The molecule has 0 unspecified atom stereocenters. The van der Waals surface area contributed by atoms with Gasteiger partial charge in [0.1, 0.15) is 11.8 Å². The van der Waals surface area contributed by atoms with Crippen molar-refractivity contribution >= 4 is 22.9 Å². The molecule has 1 aliphatic heterocycles. The minimum atomic E-state index is 0.275. The second-order valence-corrected chi connectivity index (χ2v) is 7.52. The number of fused-ring (bicyclic) bond motifs is 2. The molecular weight excluding hydrogens is 372 g/mol. The van der Waals surface area contributed by atoms with E-state index in [1.165, 1.54) is 5.56 Å². The Morgan fingerprint density at radius 1 is 1.04 bits per heavy atom. The van der Waals surface area contributed by atoms with Gasteiger partial charge in [0, 0.05) is 11.4 Å². The Hall–Kier alpha value is -3.06. The van der Waals surface area contributed by atoms with Gasteiger partial charge in [-0.25, -0.2) is 15.0 Å². The van der Waals surface area contributed by atoms with Gasteiger partial charge >= 0.3 is 0 Å². The van der Waals surface area contributed by atoms with Crippen molar-refractivity contribution in [1.29, 1.82) is 0 Å². The number of benzene rings is 2. The molecule has 0 saturated carbocycles. The van der Waals surface area contributed by atoms with Crippen molar-refractivity contribution in [2.75, 3.05) is 6.79 Å². The number of hydrogen-bond donors (Lipinski definition) is 0. The molecule has 28 heavy (non-hydrogen) atoms. The smallest absolute Gasteiger partial charge is 0.231 e. The molecule has 0 aliphatic carbocycles. The molecule has 1 aliphatic rings. The van der Waals surface area contributed by atoms with Gasteiger partial charge < -0.3 is 14.0 Å². The Labute approximate surface area is 166 Å². The fourth-order valence-electron chi connectivity index (χ4n) is 3.27. The molecule has 0 bridgehead atoms. The van der Waals surface area contributed by atoms with Gasteiger partial charge in [0.2, 0.25) is 6.79 Å². The highest BCUT2D eigenvalue weighted by molar-refractivity contribution is 7.99. The first-order valence-electron chi connectivity index (χ1n) is 9.14. The summed E-state index contributed by atoms with van der Waals surface area (Å²) >= 11 is 1.60. The van der Waals surface area contributed by atoms with Crippen LogP contribution in [0.5, 0.6) is 11.5 Å². The summed E-state index contributed by atoms with van der Waals surface area (Å²) in [7, 11) is 0. The van der Waals surface area contributed by atoms with E-state index in [0.717, 1.165) is 52.1 Å². The monoisotopic (exact) mass is 390 g/mol. The minimum absolute atomic E-state index is 0.275. The molecule has 0 radical (unpaired) electrons. The van der Waals surface area contributed by atoms with Crippen LogP contribution in [0.2, 0.25) is 0 Å². The number of hydrogen-bond acceptors (Lipinski definition) is 6. The van der Waals surface area contributed by atoms with Gasteiger partial charge in [0.25, 0.3) is 0 Å². The van der Waals surface area contributed by atoms with Crippen molar-refractivity contribution in [1.82, 2.24) is 19.5 Å². The summed E-state index contributed by atoms with van der Waals surface area (Å²) < 4.78 is 13.1. The number of imidazole rings is 1. The van der Waals surface area contributed by atoms with Crippen molar-refractivity contribution in [3.05, 3.63) is 66.6 Å². The normalized spacial score (nSPS) is 12.6. The molecule has 0 N–H and O–H groups in total. The summed E-state index contributed by atoms with van der Waals surface area (Å²) in [5, 5.41) is 0.905. The summed E-state index contributed by atoms with van der Waals surface area (Å²) in [6, 6.07) is 16.5. The van der Waals surface area contributed by atoms with E-state index in [1.807, 2.05) is 24.3 Å². The largest absolute Gasteiger partial charge is 0.454 e. The van der Waals surface area contributed by atoms with Crippen molar-refractivity contribution < 1.29 is 9.47 Å². The fraction of sp³-hybridized carbons (Fsp3) is 0.190. The van der Waals surface area contributed by atoms with Gasteiger partial charge in [-0.3, -0.25) is 0 Å². The number of ether oxygens (including phenoxy) is 2. The molecule has 0 atom stereocenters. The molecule has 140 valence electrons. The zero-order valence-corrected chi connectivity index (χ0v) is 15.9. The zero-order chi connectivity index (χ0) is 18.8. The average molecular weight is 390 g/mol. The number of rotatable bonds is 6. The lowest BCUT2D eigenvalue weighted by atomic mass is 10.1. The van der Waals surface area contributed by atoms with E-state index in [1.54, 1.807) is 24.3 Å². The van der Waals surface area contributed by atoms with Crippen molar-refractivity contribution in [3.8, 4) is 11.5 Å². The Kier molecular flexibility index (Phi) is 4.58. The maximum atomic E-state index is 5.49. The van der Waals surface area contributed by atoms with Crippen LogP contribution < -0.4 is 9.47 Å². The minimum Gasteiger partial charge on any atom is -0.454 e. The standard InChI is InChI=1S/C21H18N4O2S/c1-2-5-15(6-3-1)7-4-10-25-20-17(12-22-13-23-20)24-21(25)28-16-8-9-18-19(11-16)27-14-26-18/h1-3,5-6,8-9,11-13H,4,7,10,14H2. The Morgan fingerprint density at radius 2 is 1.93 bits per heavy atom. The second-order valence-electron chi connectivity index (χ2n) is 6.48. The van der Waals surface area contributed by atoms with E-state index in [4.69, 9.17) is 14.5 Å². The van der Waals surface area contributed by atoms with Crippen LogP contribution >= 0.6 is 11.8 Å². The molecular formula is C21H18N4O2S. The molecule has 5 rings (SSSR count). The van der Waals surface area contributed by atoms with Gasteiger partial charge in [-0.05, 0) is 36.6 Å². The summed E-state index contributed by atoms with van der Waals surface area (Å²) in [5.74, 6) is 1.56. The van der Waals surface area contributed by atoms with Gasteiger partial charge in [0.05, 0.1) is 6.20 Å². The fourth-order valence-corrected chi connectivity index (χ4v) is 4.21. The molecule has 2 aromatic carbocycles. The van der Waals surface area contributed by atoms with Crippen LogP contribution in [0.3, 0.4) is 0 Å². The first-order chi connectivity index (χ1) is 13.9. The first-order valence-corrected chi connectivity index (χ1v) is 9.96. The summed E-state index contributed by atoms with van der Waals surface area (Å²) in [5.41, 5.74) is 3.02. The highest BCUT2D eigenvalue weighted by Gasteiger charge is 2.17. The third kappa shape index (κ3) is 3.41. The Bertz CT molecular complexity index is 1110. The Morgan fingerprint density at radius 3 is 2.86 bits per heavy atom. The lowest BCUT2D eigenvalue weighted by Gasteiger charge is -2.09. The van der Waals surface area contributed by atoms with E-state index in [-0.39, 0.29) is 6.79 Å². The number of aryl methyl sites for hydroxylation is 2. The van der Waals surface area contributed by atoms with Gasteiger partial charge in [-0.15, -0.1) is 0 Å². The van der Waals surface area contributed by atoms with Crippen LogP contribution in [0.1, 0.15) is 12.0 Å². The van der Waals surface area contributed by atoms with Crippen LogP contribution in [0, 0.1) is 0 Å². The van der Waals surface area contributed by atoms with Crippen molar-refractivity contribution in [3.63, 3.8) is 0 Å². The highest BCUT2D eigenvalue weighted by atomic mass is 32.2. The SMILES string of the molecule is c1ccc(CCCn2c(Sc3ccc4c(c3)OCO4)nc3cncnc32)cc1. The molecule has 4 aromatic rings. The highest BCUT2D eigenvalue weighted by Crippen LogP contribution is 2.38. The quantitative estimate of drug-likeness (QED) is 0.488. The van der Waals surface area contributed by atoms with Crippen molar-refractivity contribution in [2.45, 2.75) is 29.4 Å². The maximum absolute atomic E-state index is 5.49. The van der Waals surface area contributed by atoms with E-state index in [9.17, 15) is 0 Å². The van der Waals surface area contributed by atoms with Gasteiger partial charge in [0.15, 0.2) is 22.3 Å². The maximum Gasteiger partial charge on any atom is 0.231 e. The van der Waals surface area contributed by atoms with E-state index in [2.05, 4.69) is 38.8 Å². The molecule has 0 spiro atoms. The molecule has 0 saturated heterocycles. The molecule has 2 aromatic heterocycles. The molecule has 3 heterocycles. The van der Waals surface area contributed by atoms with Crippen LogP contribution in [0.15, 0.2) is 71.1 Å². The summed E-state index contributed by atoms with van der Waals surface area (Å²) in [6.07, 6.45) is 5.36. The average Bonchev–Trinajstić information content (AvgIpc) is 3.33. The van der Waals surface area contributed by atoms with Crippen LogP contribution in [0.25, 0.3) is 11.2 Å². The predicted molar refractivity (Wildman–Crippen MR) is 107 cm³/mol. The third-order valence-electron chi connectivity index (χ3n) is 4.62. The van der Waals surface area contributed by atoms with Crippen molar-refractivity contribution in [2.24, 2.45) is 0 Å². The lowest BCUT2D eigenvalue weighted by molar-refractivity contribution is 0.174. The van der Waals surface area contributed by atoms with Crippen LogP contribution in [-0.4, -0.2) is 26.3 Å². The number of aromatic nitrogens is 4. The first kappa shape index (κ1) is 17.1. The molecule has 0 amide bonds. The molecule has 0 fully saturated rings. The van der Waals surface area contributed by atoms with Gasteiger partial charge in [-0.2, -0.15) is 0 Å². The summed E-state index contributed by atoms with van der Waals surface area (Å²) in [4.78, 5) is 14.4. The number of nitrogens with zero attached hydrogens (tertiary/aromatic N) is 4. The van der Waals surface area contributed by atoms with E-state index >= 15 is 0 Å². The lowest BCUT2D eigenvalue weighted by Crippen LogP contribution is -2.02. The zero-order valence-electron chi connectivity index (χ0n) is 15.1. The topological polar surface area (TPSA) is 62.1 Å². The summed E-state index contributed by atoms with van der Waals surface area (Å²) in [6.45, 7) is 1.12. The third-order valence-corrected chi connectivity index (χ3v) is 5.60. The van der Waals surface area contributed by atoms with Crippen LogP contribution in [-0.2, 0) is 13.0 Å². The van der Waals surface area contributed by atoms with E-state index < -0.39 is 0 Å². The molecule has 6 nitrogen and oxygen atoms in total. The second kappa shape index (κ2) is 7.52. The molecule has 7 heteroatoms. The van der Waals surface area contributed by atoms with Crippen LogP contribution in [0.4, 0.5) is 0 Å². The predicted octanol–water partition coefficient (Wildman–Crippen LogP) is 4.34. The Balaban J connectivity index is 1.40.